The number of sulfonamides is 1. The van der Waals surface area contributed by atoms with E-state index in [1.54, 1.807) is 24.3 Å². The van der Waals surface area contributed by atoms with E-state index >= 15 is 0 Å². The van der Waals surface area contributed by atoms with E-state index in [-0.39, 0.29) is 39.8 Å². The van der Waals surface area contributed by atoms with Gasteiger partial charge in [-0.25, -0.2) is 12.8 Å². The molecule has 0 spiro atoms. The van der Waals surface area contributed by atoms with E-state index in [4.69, 9.17) is 0 Å². The minimum absolute atomic E-state index is 0.0924. The molecule has 0 aromatic heterocycles. The molecule has 3 aromatic carbocycles. The Labute approximate surface area is 195 Å². The van der Waals surface area contributed by atoms with E-state index in [1.165, 1.54) is 30.3 Å². The predicted molar refractivity (Wildman–Crippen MR) is 122 cm³/mol. The summed E-state index contributed by atoms with van der Waals surface area (Å²) in [6.07, 6.45) is 0.814. The average Bonchev–Trinajstić information content (AvgIpc) is 3.34. The summed E-state index contributed by atoms with van der Waals surface area (Å²) in [6, 6.07) is 14.5. The van der Waals surface area contributed by atoms with Gasteiger partial charge in [0.25, 0.3) is 0 Å². The normalized spacial score (nSPS) is 17.9. The van der Waals surface area contributed by atoms with Gasteiger partial charge in [0.2, 0.25) is 15.9 Å². The van der Waals surface area contributed by atoms with E-state index < -0.39 is 27.8 Å². The van der Waals surface area contributed by atoms with E-state index in [9.17, 15) is 27.2 Å². The van der Waals surface area contributed by atoms with Gasteiger partial charge in [0, 0.05) is 34.5 Å². The lowest BCUT2D eigenvalue weighted by atomic mass is 9.84. The second-order valence-electron chi connectivity index (χ2n) is 8.18. The highest BCUT2D eigenvalue weighted by Gasteiger charge is 2.39. The van der Waals surface area contributed by atoms with Crippen molar-refractivity contribution in [3.05, 3.63) is 94.8 Å². The van der Waals surface area contributed by atoms with Crippen LogP contribution in [-0.4, -0.2) is 42.8 Å². The van der Waals surface area contributed by atoms with Crippen LogP contribution in [0.4, 0.5) is 10.1 Å². The molecule has 1 saturated heterocycles. The van der Waals surface area contributed by atoms with Crippen molar-refractivity contribution in [3.8, 4) is 0 Å². The van der Waals surface area contributed by atoms with Crippen LogP contribution in [0.1, 0.15) is 44.7 Å². The highest BCUT2D eigenvalue weighted by Crippen LogP contribution is 2.30. The first-order chi connectivity index (χ1) is 16.3. The Kier molecular flexibility index (Phi) is 5.38. The van der Waals surface area contributed by atoms with Gasteiger partial charge in [-0.15, -0.1) is 0 Å². The SMILES string of the molecule is O=C1c2ccccc2C(=O)c2cc(NC(=O)C3CCCN3S(=O)(=O)c3ccc(F)cc3)ccc21. The third-order valence-electron chi connectivity index (χ3n) is 6.12. The van der Waals surface area contributed by atoms with Crippen LogP contribution >= 0.6 is 0 Å². The van der Waals surface area contributed by atoms with Gasteiger partial charge in [-0.3, -0.25) is 14.4 Å². The molecule has 3 aromatic rings. The lowest BCUT2D eigenvalue weighted by Crippen LogP contribution is -2.43. The molecule has 1 amide bonds. The molecular weight excluding hydrogens is 459 g/mol. The maximum Gasteiger partial charge on any atom is 0.243 e. The Morgan fingerprint density at radius 2 is 1.50 bits per heavy atom. The van der Waals surface area contributed by atoms with Crippen molar-refractivity contribution < 1.29 is 27.2 Å². The number of halogens is 1. The third-order valence-corrected chi connectivity index (χ3v) is 8.04. The number of amides is 1. The molecule has 1 aliphatic heterocycles. The summed E-state index contributed by atoms with van der Waals surface area (Å²) in [5.41, 5.74) is 1.36. The van der Waals surface area contributed by atoms with Crippen molar-refractivity contribution >= 4 is 33.2 Å². The maximum atomic E-state index is 13.2. The number of carbonyl (C=O) groups excluding carboxylic acids is 3. The fourth-order valence-corrected chi connectivity index (χ4v) is 6.09. The molecule has 2 aliphatic rings. The standard InChI is InChI=1S/C25H19FN2O5S/c26-15-7-10-17(11-8-15)34(32,33)28-13-3-6-22(28)25(31)27-16-9-12-20-21(14-16)24(30)19-5-2-1-4-18(19)23(20)29/h1-2,4-5,7-12,14,22H,3,6,13H2,(H,27,31). The lowest BCUT2D eigenvalue weighted by Gasteiger charge is -2.24. The number of anilines is 1. The fraction of sp³-hybridized carbons (Fsp3) is 0.160. The summed E-state index contributed by atoms with van der Waals surface area (Å²) in [6.45, 7) is 0.158. The number of fused-ring (bicyclic) bond motifs is 2. The number of hydrogen-bond donors (Lipinski definition) is 1. The number of nitrogens with zero attached hydrogens (tertiary/aromatic N) is 1. The molecule has 1 aliphatic carbocycles. The molecule has 1 unspecified atom stereocenters. The number of carbonyl (C=O) groups is 3. The molecule has 7 nitrogen and oxygen atoms in total. The van der Waals surface area contributed by atoms with Gasteiger partial charge in [-0.05, 0) is 55.3 Å². The van der Waals surface area contributed by atoms with Crippen LogP contribution in [0.25, 0.3) is 0 Å². The van der Waals surface area contributed by atoms with Crippen molar-refractivity contribution in [1.82, 2.24) is 4.31 Å². The monoisotopic (exact) mass is 478 g/mol. The Morgan fingerprint density at radius 1 is 0.882 bits per heavy atom. The van der Waals surface area contributed by atoms with Crippen molar-refractivity contribution in [2.75, 3.05) is 11.9 Å². The number of rotatable bonds is 4. The molecule has 0 bridgehead atoms. The average molecular weight is 479 g/mol. The second kappa shape index (κ2) is 8.27. The molecule has 1 N–H and O–H groups in total. The summed E-state index contributed by atoms with van der Waals surface area (Å²) in [5, 5.41) is 2.69. The molecule has 172 valence electrons. The fourth-order valence-electron chi connectivity index (χ4n) is 4.43. The highest BCUT2D eigenvalue weighted by molar-refractivity contribution is 7.89. The summed E-state index contributed by atoms with van der Waals surface area (Å²) in [7, 11) is -4.00. The summed E-state index contributed by atoms with van der Waals surface area (Å²) >= 11 is 0. The van der Waals surface area contributed by atoms with Gasteiger partial charge in [-0.2, -0.15) is 4.31 Å². The molecular formula is C25H19FN2O5S. The van der Waals surface area contributed by atoms with Gasteiger partial charge in [0.15, 0.2) is 11.6 Å². The minimum Gasteiger partial charge on any atom is -0.325 e. The summed E-state index contributed by atoms with van der Waals surface area (Å²) < 4.78 is 40.4. The second-order valence-corrected chi connectivity index (χ2v) is 10.1. The number of nitrogens with one attached hydrogen (secondary N) is 1. The quantitative estimate of drug-likeness (QED) is 0.485. The van der Waals surface area contributed by atoms with Crippen LogP contribution in [0.5, 0.6) is 0 Å². The van der Waals surface area contributed by atoms with Crippen LogP contribution in [0.3, 0.4) is 0 Å². The zero-order valence-electron chi connectivity index (χ0n) is 17.8. The van der Waals surface area contributed by atoms with Gasteiger partial charge in [0.1, 0.15) is 11.9 Å². The number of ketones is 2. The minimum atomic E-state index is -4.00. The molecule has 1 atom stereocenters. The van der Waals surface area contributed by atoms with Gasteiger partial charge >= 0.3 is 0 Å². The Bertz CT molecular complexity index is 1450. The van der Waals surface area contributed by atoms with E-state index in [0.29, 0.717) is 24.0 Å². The first kappa shape index (κ1) is 22.1. The summed E-state index contributed by atoms with van der Waals surface area (Å²) in [4.78, 5) is 38.6. The van der Waals surface area contributed by atoms with Crippen LogP contribution < -0.4 is 5.32 Å². The first-order valence-electron chi connectivity index (χ1n) is 10.7. The van der Waals surface area contributed by atoms with Crippen molar-refractivity contribution in [2.45, 2.75) is 23.8 Å². The number of benzene rings is 3. The Balaban J connectivity index is 1.40. The third kappa shape index (κ3) is 3.63. The molecule has 1 heterocycles. The van der Waals surface area contributed by atoms with Crippen molar-refractivity contribution in [2.24, 2.45) is 0 Å². The van der Waals surface area contributed by atoms with E-state index in [1.807, 2.05) is 0 Å². The predicted octanol–water partition coefficient (Wildman–Crippen LogP) is 3.39. The highest BCUT2D eigenvalue weighted by atomic mass is 32.2. The number of hydrogen-bond acceptors (Lipinski definition) is 5. The van der Waals surface area contributed by atoms with Gasteiger partial charge in [0.05, 0.1) is 4.90 Å². The lowest BCUT2D eigenvalue weighted by molar-refractivity contribution is -0.119. The van der Waals surface area contributed by atoms with E-state index in [2.05, 4.69) is 5.32 Å². The van der Waals surface area contributed by atoms with E-state index in [0.717, 1.165) is 16.4 Å². The van der Waals surface area contributed by atoms with Gasteiger partial charge in [-0.1, -0.05) is 24.3 Å². The van der Waals surface area contributed by atoms with Crippen molar-refractivity contribution in [1.29, 1.82) is 0 Å². The Hall–Kier alpha value is -3.69. The molecule has 0 radical (unpaired) electrons. The van der Waals surface area contributed by atoms with Crippen LogP contribution in [0.15, 0.2) is 71.6 Å². The van der Waals surface area contributed by atoms with Crippen LogP contribution in [0.2, 0.25) is 0 Å². The van der Waals surface area contributed by atoms with Crippen LogP contribution in [0, 0.1) is 5.82 Å². The molecule has 9 heteroatoms. The maximum absolute atomic E-state index is 13.2. The van der Waals surface area contributed by atoms with Crippen LogP contribution in [-0.2, 0) is 14.8 Å². The zero-order chi connectivity index (χ0) is 24.0. The molecule has 5 rings (SSSR count). The molecule has 0 saturated carbocycles. The topological polar surface area (TPSA) is 101 Å². The first-order valence-corrected chi connectivity index (χ1v) is 12.1. The largest absolute Gasteiger partial charge is 0.325 e. The molecule has 1 fully saturated rings. The zero-order valence-corrected chi connectivity index (χ0v) is 18.6. The van der Waals surface area contributed by atoms with Gasteiger partial charge < -0.3 is 5.32 Å². The van der Waals surface area contributed by atoms with Crippen molar-refractivity contribution in [3.63, 3.8) is 0 Å². The summed E-state index contributed by atoms with van der Waals surface area (Å²) in [5.74, 6) is -1.69. The molecule has 34 heavy (non-hydrogen) atoms. The Morgan fingerprint density at radius 3 is 2.18 bits per heavy atom. The smallest absolute Gasteiger partial charge is 0.243 e.